The molecular formula is C14H12BrClN2O3. The number of carbonyl (C=O) groups excluding carboxylic acids is 1. The molecule has 21 heavy (non-hydrogen) atoms. The molecule has 0 atom stereocenters. The molecule has 0 saturated heterocycles. The first kappa shape index (κ1) is 15.7. The van der Waals surface area contributed by atoms with Crippen molar-refractivity contribution in [3.05, 3.63) is 55.8 Å². The summed E-state index contributed by atoms with van der Waals surface area (Å²) in [6.07, 6.45) is 0. The number of ketones is 1. The molecule has 0 aliphatic carbocycles. The van der Waals surface area contributed by atoms with Crippen molar-refractivity contribution in [1.29, 1.82) is 0 Å². The summed E-state index contributed by atoms with van der Waals surface area (Å²) in [7, 11) is 0. The minimum absolute atomic E-state index is 0.00476. The smallest absolute Gasteiger partial charge is 0.270 e. The number of hydrogen-bond acceptors (Lipinski definition) is 3. The van der Waals surface area contributed by atoms with E-state index in [0.717, 1.165) is 17.1 Å². The molecule has 1 aromatic carbocycles. The second kappa shape index (κ2) is 5.99. The molecule has 0 aliphatic rings. The summed E-state index contributed by atoms with van der Waals surface area (Å²) in [5, 5.41) is 10.8. The Morgan fingerprint density at radius 1 is 1.38 bits per heavy atom. The van der Waals surface area contributed by atoms with Crippen LogP contribution >= 0.6 is 27.5 Å². The number of carbonyl (C=O) groups is 1. The van der Waals surface area contributed by atoms with Gasteiger partial charge in [0.05, 0.1) is 16.5 Å². The molecule has 7 heteroatoms. The van der Waals surface area contributed by atoms with E-state index in [1.54, 1.807) is 12.1 Å². The topological polar surface area (TPSA) is 65.1 Å². The largest absolute Gasteiger partial charge is 0.317 e. The molecular weight excluding hydrogens is 360 g/mol. The zero-order chi connectivity index (χ0) is 15.7. The van der Waals surface area contributed by atoms with Gasteiger partial charge in [-0.05, 0) is 41.9 Å². The van der Waals surface area contributed by atoms with Crippen LogP contribution in [0.2, 0.25) is 0 Å². The Hall–Kier alpha value is -1.66. The summed E-state index contributed by atoms with van der Waals surface area (Å²) in [5.74, 6) is -0.222. The fourth-order valence-electron chi connectivity index (χ4n) is 2.28. The molecule has 0 aliphatic heterocycles. The standard InChI is InChI=1S/C14H12BrClN2O3/c1-8-5-11(14(19)7-16)9(2)17(8)13-4-3-10(18(20)21)6-12(13)15/h3-6H,7H2,1-2H3. The number of non-ortho nitro benzene ring substituents is 1. The lowest BCUT2D eigenvalue weighted by Gasteiger charge is -2.11. The van der Waals surface area contributed by atoms with Crippen molar-refractivity contribution in [2.24, 2.45) is 0 Å². The maximum absolute atomic E-state index is 11.8. The van der Waals surface area contributed by atoms with E-state index in [2.05, 4.69) is 15.9 Å². The highest BCUT2D eigenvalue weighted by atomic mass is 79.9. The third-order valence-corrected chi connectivity index (χ3v) is 4.11. The number of nitrogens with zero attached hydrogens (tertiary/aromatic N) is 2. The van der Waals surface area contributed by atoms with Crippen LogP contribution in [0.4, 0.5) is 5.69 Å². The van der Waals surface area contributed by atoms with Crippen LogP contribution in [-0.2, 0) is 0 Å². The minimum Gasteiger partial charge on any atom is -0.317 e. The van der Waals surface area contributed by atoms with Crippen molar-refractivity contribution in [3.63, 3.8) is 0 Å². The highest BCUT2D eigenvalue weighted by Crippen LogP contribution is 2.30. The van der Waals surface area contributed by atoms with E-state index in [-0.39, 0.29) is 17.4 Å². The highest BCUT2D eigenvalue weighted by molar-refractivity contribution is 9.10. The van der Waals surface area contributed by atoms with Gasteiger partial charge < -0.3 is 4.57 Å². The van der Waals surface area contributed by atoms with Crippen molar-refractivity contribution < 1.29 is 9.72 Å². The Bertz CT molecular complexity index is 740. The Labute approximate surface area is 134 Å². The van der Waals surface area contributed by atoms with Crippen LogP contribution in [0, 0.1) is 24.0 Å². The number of alkyl halides is 1. The quantitative estimate of drug-likeness (QED) is 0.350. The van der Waals surface area contributed by atoms with Gasteiger partial charge in [-0.15, -0.1) is 11.6 Å². The molecule has 110 valence electrons. The van der Waals surface area contributed by atoms with E-state index in [9.17, 15) is 14.9 Å². The van der Waals surface area contributed by atoms with Crippen LogP contribution in [0.15, 0.2) is 28.7 Å². The molecule has 5 nitrogen and oxygen atoms in total. The van der Waals surface area contributed by atoms with Crippen LogP contribution in [0.1, 0.15) is 21.7 Å². The van der Waals surface area contributed by atoms with E-state index in [1.165, 1.54) is 12.1 Å². The van der Waals surface area contributed by atoms with Crippen LogP contribution in [-0.4, -0.2) is 21.2 Å². The van der Waals surface area contributed by atoms with Crippen molar-refractivity contribution in [1.82, 2.24) is 4.57 Å². The van der Waals surface area contributed by atoms with Crippen molar-refractivity contribution in [2.45, 2.75) is 13.8 Å². The van der Waals surface area contributed by atoms with Gasteiger partial charge in [0.25, 0.3) is 5.69 Å². The number of hydrogen-bond donors (Lipinski definition) is 0. The number of nitro groups is 1. The molecule has 1 aromatic heterocycles. The van der Waals surface area contributed by atoms with Crippen LogP contribution in [0.25, 0.3) is 5.69 Å². The van der Waals surface area contributed by atoms with Crippen LogP contribution < -0.4 is 0 Å². The number of rotatable bonds is 4. The van der Waals surface area contributed by atoms with Crippen molar-refractivity contribution >= 4 is 39.0 Å². The van der Waals surface area contributed by atoms with Gasteiger partial charge in [0.2, 0.25) is 0 Å². The Morgan fingerprint density at radius 2 is 2.05 bits per heavy atom. The lowest BCUT2D eigenvalue weighted by molar-refractivity contribution is -0.384. The molecule has 0 unspecified atom stereocenters. The summed E-state index contributed by atoms with van der Waals surface area (Å²) in [6.45, 7) is 3.69. The third kappa shape index (κ3) is 2.87. The Morgan fingerprint density at radius 3 is 2.57 bits per heavy atom. The average Bonchev–Trinajstić information content (AvgIpc) is 2.73. The average molecular weight is 372 g/mol. The molecule has 2 rings (SSSR count). The van der Waals surface area contributed by atoms with Gasteiger partial charge in [0, 0.05) is 33.6 Å². The molecule has 1 heterocycles. The zero-order valence-corrected chi connectivity index (χ0v) is 13.7. The first-order chi connectivity index (χ1) is 9.86. The SMILES string of the molecule is Cc1cc(C(=O)CCl)c(C)n1-c1ccc([N+](=O)[O-])cc1Br. The predicted octanol–water partition coefficient (Wildman–Crippen LogP) is 4.19. The van der Waals surface area contributed by atoms with Gasteiger partial charge >= 0.3 is 0 Å². The highest BCUT2D eigenvalue weighted by Gasteiger charge is 2.18. The molecule has 0 N–H and O–H groups in total. The lowest BCUT2D eigenvalue weighted by Crippen LogP contribution is -2.05. The first-order valence-electron chi connectivity index (χ1n) is 6.09. The van der Waals surface area contributed by atoms with Crippen LogP contribution in [0.5, 0.6) is 0 Å². The summed E-state index contributed by atoms with van der Waals surface area (Å²) in [6, 6.07) is 6.30. The maximum Gasteiger partial charge on any atom is 0.270 e. The zero-order valence-electron chi connectivity index (χ0n) is 11.4. The molecule has 0 bridgehead atoms. The van der Waals surface area contributed by atoms with Gasteiger partial charge in [0.15, 0.2) is 5.78 Å². The lowest BCUT2D eigenvalue weighted by atomic mass is 10.2. The van der Waals surface area contributed by atoms with Gasteiger partial charge in [-0.1, -0.05) is 0 Å². The van der Waals surface area contributed by atoms with Gasteiger partial charge in [-0.3, -0.25) is 14.9 Å². The van der Waals surface area contributed by atoms with E-state index in [4.69, 9.17) is 11.6 Å². The molecule has 0 saturated carbocycles. The summed E-state index contributed by atoms with van der Waals surface area (Å²) in [5.41, 5.74) is 2.92. The summed E-state index contributed by atoms with van der Waals surface area (Å²) in [4.78, 5) is 22.1. The second-order valence-corrected chi connectivity index (χ2v) is 5.69. The Kier molecular flexibility index (Phi) is 4.49. The molecule has 0 radical (unpaired) electrons. The number of aryl methyl sites for hydroxylation is 1. The van der Waals surface area contributed by atoms with E-state index in [1.807, 2.05) is 18.4 Å². The van der Waals surface area contributed by atoms with E-state index < -0.39 is 4.92 Å². The summed E-state index contributed by atoms with van der Waals surface area (Å²) < 4.78 is 2.46. The summed E-state index contributed by atoms with van der Waals surface area (Å²) >= 11 is 8.96. The van der Waals surface area contributed by atoms with Crippen molar-refractivity contribution in [2.75, 3.05) is 5.88 Å². The van der Waals surface area contributed by atoms with Gasteiger partial charge in [-0.2, -0.15) is 0 Å². The van der Waals surface area contributed by atoms with Gasteiger partial charge in [-0.25, -0.2) is 0 Å². The van der Waals surface area contributed by atoms with Gasteiger partial charge in [0.1, 0.15) is 0 Å². The van der Waals surface area contributed by atoms with Crippen molar-refractivity contribution in [3.8, 4) is 5.69 Å². The minimum atomic E-state index is -0.452. The number of Topliss-reactive ketones (excluding diaryl/α,β-unsaturated/α-hetero) is 1. The number of nitro benzene ring substituents is 1. The fraction of sp³-hybridized carbons (Fsp3) is 0.214. The van der Waals surface area contributed by atoms with Crippen LogP contribution in [0.3, 0.4) is 0 Å². The maximum atomic E-state index is 11.8. The second-order valence-electron chi connectivity index (χ2n) is 4.57. The first-order valence-corrected chi connectivity index (χ1v) is 7.42. The molecule has 2 aromatic rings. The molecule has 0 amide bonds. The fourth-order valence-corrected chi connectivity index (χ4v) is 2.97. The Balaban J connectivity index is 2.60. The number of benzene rings is 1. The molecule has 0 fully saturated rings. The third-order valence-electron chi connectivity index (χ3n) is 3.24. The van der Waals surface area contributed by atoms with E-state index in [0.29, 0.717) is 10.0 Å². The predicted molar refractivity (Wildman–Crippen MR) is 84.6 cm³/mol. The monoisotopic (exact) mass is 370 g/mol. The number of halogens is 2. The molecule has 0 spiro atoms. The number of aromatic nitrogens is 1. The normalized spacial score (nSPS) is 10.7. The van der Waals surface area contributed by atoms with E-state index >= 15 is 0 Å².